The molecule has 3 rings (SSSR count). The number of aromatic nitrogens is 2. The number of nitrogens with zero attached hydrogens (tertiary/aromatic N) is 3. The Bertz CT molecular complexity index is 961. The topological polar surface area (TPSA) is 86.2 Å². The van der Waals surface area contributed by atoms with E-state index in [0.29, 0.717) is 5.56 Å². The van der Waals surface area contributed by atoms with Gasteiger partial charge in [0.1, 0.15) is 5.75 Å². The number of ketones is 1. The number of carbonyl (C=O) groups excluding carboxylic acids is 1. The minimum atomic E-state index is -0.519. The standard InChI is InChI=1S/C19H16N3O4.BrH/c1-26-17-7-3-4-14(11-17)18-8-9-21(13-20-18)12-19(23)15-5-2-6-16(10-15)22(24)25;/h2-11,13H,12H2,1H3;1H/q+1;/p-1. The highest BCUT2D eigenvalue weighted by Crippen LogP contribution is 2.21. The number of hydrogen-bond acceptors (Lipinski definition) is 5. The van der Waals surface area contributed by atoms with E-state index in [1.807, 2.05) is 24.3 Å². The molecule has 7 nitrogen and oxygen atoms in total. The first-order valence-electron chi connectivity index (χ1n) is 7.84. The molecule has 0 spiro atoms. The van der Waals surface area contributed by atoms with E-state index in [4.69, 9.17) is 4.74 Å². The van der Waals surface area contributed by atoms with Crippen LogP contribution in [-0.4, -0.2) is 22.8 Å². The van der Waals surface area contributed by atoms with Crippen LogP contribution in [0.3, 0.4) is 0 Å². The van der Waals surface area contributed by atoms with Gasteiger partial charge in [0, 0.05) is 29.3 Å². The van der Waals surface area contributed by atoms with Crippen LogP contribution in [0.1, 0.15) is 10.4 Å². The molecule has 1 aromatic heterocycles. The lowest BCUT2D eigenvalue weighted by Gasteiger charge is -2.02. The first kappa shape index (κ1) is 20.2. The minimum Gasteiger partial charge on any atom is -1.00 e. The summed E-state index contributed by atoms with van der Waals surface area (Å²) in [5, 5.41) is 10.8. The number of halogens is 1. The lowest BCUT2D eigenvalue weighted by atomic mass is 10.1. The fraction of sp³-hybridized carbons (Fsp3) is 0.105. The van der Waals surface area contributed by atoms with Crippen LogP contribution in [0.4, 0.5) is 5.69 Å². The average Bonchev–Trinajstić information content (AvgIpc) is 2.68. The molecule has 0 N–H and O–H groups in total. The van der Waals surface area contributed by atoms with Crippen molar-refractivity contribution >= 4 is 11.5 Å². The zero-order chi connectivity index (χ0) is 18.5. The smallest absolute Gasteiger partial charge is 0.287 e. The van der Waals surface area contributed by atoms with Gasteiger partial charge in [0.2, 0.25) is 5.78 Å². The number of rotatable bonds is 6. The first-order chi connectivity index (χ1) is 12.6. The largest absolute Gasteiger partial charge is 1.00 e. The van der Waals surface area contributed by atoms with E-state index in [0.717, 1.165) is 17.0 Å². The van der Waals surface area contributed by atoms with Gasteiger partial charge < -0.3 is 21.7 Å². The predicted molar refractivity (Wildman–Crippen MR) is 93.8 cm³/mol. The van der Waals surface area contributed by atoms with E-state index < -0.39 is 4.92 Å². The molecule has 0 aliphatic rings. The van der Waals surface area contributed by atoms with Crippen LogP contribution in [0.2, 0.25) is 0 Å². The number of carbonyl (C=O) groups is 1. The molecule has 1 heterocycles. The zero-order valence-corrected chi connectivity index (χ0v) is 16.0. The predicted octanol–water partition coefficient (Wildman–Crippen LogP) is -0.160. The van der Waals surface area contributed by atoms with E-state index >= 15 is 0 Å². The monoisotopic (exact) mass is 429 g/mol. The third kappa shape index (κ3) is 4.95. The number of nitro benzene ring substituents is 1. The van der Waals surface area contributed by atoms with Crippen molar-refractivity contribution < 1.29 is 36.0 Å². The van der Waals surface area contributed by atoms with Gasteiger partial charge in [-0.05, 0) is 17.1 Å². The van der Waals surface area contributed by atoms with E-state index in [1.165, 1.54) is 18.2 Å². The summed E-state index contributed by atoms with van der Waals surface area (Å²) in [6.07, 6.45) is 3.31. The van der Waals surface area contributed by atoms with Crippen molar-refractivity contribution in [2.75, 3.05) is 7.11 Å². The number of benzene rings is 2. The van der Waals surface area contributed by atoms with Crippen LogP contribution < -0.4 is 26.3 Å². The minimum absolute atomic E-state index is 0. The first-order valence-corrected chi connectivity index (χ1v) is 7.84. The molecule has 0 saturated heterocycles. The second kappa shape index (κ2) is 9.00. The van der Waals surface area contributed by atoms with Crippen LogP contribution in [0, 0.1) is 10.1 Å². The number of hydrogen-bond donors (Lipinski definition) is 0. The highest BCUT2D eigenvalue weighted by Gasteiger charge is 2.15. The van der Waals surface area contributed by atoms with Crippen molar-refractivity contribution in [1.82, 2.24) is 4.98 Å². The molecule has 0 amide bonds. The van der Waals surface area contributed by atoms with Crippen molar-refractivity contribution in [3.8, 4) is 17.0 Å². The van der Waals surface area contributed by atoms with Gasteiger partial charge in [-0.1, -0.05) is 24.3 Å². The van der Waals surface area contributed by atoms with E-state index in [1.54, 1.807) is 36.3 Å². The third-order valence-corrected chi connectivity index (χ3v) is 3.84. The maximum absolute atomic E-state index is 12.3. The molecule has 8 heteroatoms. The quantitative estimate of drug-likeness (QED) is 0.235. The molecule has 0 aliphatic carbocycles. The van der Waals surface area contributed by atoms with Gasteiger partial charge in [-0.25, -0.2) is 4.57 Å². The van der Waals surface area contributed by atoms with Crippen molar-refractivity contribution in [3.63, 3.8) is 0 Å². The molecule has 138 valence electrons. The van der Waals surface area contributed by atoms with Gasteiger partial charge in [0.05, 0.1) is 18.2 Å². The maximum atomic E-state index is 12.3. The Morgan fingerprint density at radius 1 is 1.19 bits per heavy atom. The van der Waals surface area contributed by atoms with Crippen molar-refractivity contribution in [2.45, 2.75) is 6.54 Å². The van der Waals surface area contributed by atoms with Crippen LogP contribution in [-0.2, 0) is 6.54 Å². The Morgan fingerprint density at radius 2 is 1.96 bits per heavy atom. The summed E-state index contributed by atoms with van der Waals surface area (Å²) in [4.78, 5) is 27.0. The van der Waals surface area contributed by atoms with Gasteiger partial charge >= 0.3 is 0 Å². The summed E-state index contributed by atoms with van der Waals surface area (Å²) in [6.45, 7) is 0.0482. The van der Waals surface area contributed by atoms with Gasteiger partial charge in [-0.3, -0.25) is 14.9 Å². The highest BCUT2D eigenvalue weighted by atomic mass is 79.9. The number of methoxy groups -OCH3 is 1. The summed E-state index contributed by atoms with van der Waals surface area (Å²) in [6, 6.07) is 15.0. The Balaban J connectivity index is 0.00000261. The van der Waals surface area contributed by atoms with E-state index in [9.17, 15) is 14.9 Å². The molecular formula is C19H16BrN3O4. The number of ether oxygens (including phenoxy) is 1. The molecule has 27 heavy (non-hydrogen) atoms. The third-order valence-electron chi connectivity index (χ3n) is 3.84. The van der Waals surface area contributed by atoms with Crippen LogP contribution in [0.5, 0.6) is 5.75 Å². The van der Waals surface area contributed by atoms with Crippen LogP contribution >= 0.6 is 0 Å². The second-order valence-corrected chi connectivity index (χ2v) is 5.58. The fourth-order valence-corrected chi connectivity index (χ4v) is 2.48. The van der Waals surface area contributed by atoms with Crippen molar-refractivity contribution in [1.29, 1.82) is 0 Å². The molecule has 0 saturated carbocycles. The van der Waals surface area contributed by atoms with Gasteiger partial charge in [-0.15, -0.1) is 0 Å². The summed E-state index contributed by atoms with van der Waals surface area (Å²) in [5.74, 6) is 0.511. The normalized spacial score (nSPS) is 9.96. The molecule has 0 bridgehead atoms. The van der Waals surface area contributed by atoms with Crippen LogP contribution in [0.25, 0.3) is 11.3 Å². The number of non-ortho nitro benzene ring substituents is 1. The average molecular weight is 430 g/mol. The van der Waals surface area contributed by atoms with Crippen molar-refractivity contribution in [2.24, 2.45) is 0 Å². The zero-order valence-electron chi connectivity index (χ0n) is 14.4. The molecule has 0 radical (unpaired) electrons. The Morgan fingerprint density at radius 3 is 2.63 bits per heavy atom. The summed E-state index contributed by atoms with van der Waals surface area (Å²) >= 11 is 0. The van der Waals surface area contributed by atoms with E-state index in [-0.39, 0.29) is 35.0 Å². The fourth-order valence-electron chi connectivity index (χ4n) is 2.48. The Labute approximate surface area is 166 Å². The summed E-state index contributed by atoms with van der Waals surface area (Å²) < 4.78 is 6.83. The molecular weight excluding hydrogens is 414 g/mol. The Hall–Kier alpha value is -3.13. The molecule has 2 aromatic carbocycles. The summed E-state index contributed by atoms with van der Waals surface area (Å²) in [7, 11) is 1.60. The molecule has 0 unspecified atom stereocenters. The van der Waals surface area contributed by atoms with Gasteiger partial charge in [0.25, 0.3) is 12.0 Å². The van der Waals surface area contributed by atoms with Crippen molar-refractivity contribution in [3.05, 3.63) is 82.8 Å². The van der Waals surface area contributed by atoms with Gasteiger partial charge in [-0.2, -0.15) is 0 Å². The molecule has 0 atom stereocenters. The lowest BCUT2D eigenvalue weighted by Crippen LogP contribution is -3.00. The lowest BCUT2D eigenvalue weighted by molar-refractivity contribution is -0.686. The maximum Gasteiger partial charge on any atom is 0.287 e. The molecule has 0 fully saturated rings. The SMILES string of the molecule is COc1cccc(-c2cc[n+](CC(=O)c3cccc([N+](=O)[O-])c3)cn2)c1.[Br-]. The van der Waals surface area contributed by atoms with E-state index in [2.05, 4.69) is 4.98 Å². The highest BCUT2D eigenvalue weighted by molar-refractivity contribution is 5.95. The number of Topliss-reactive ketones (excluding diaryl/α,β-unsaturated/α-hetero) is 1. The molecule has 3 aromatic rings. The molecule has 0 aliphatic heterocycles. The van der Waals surface area contributed by atoms with Crippen LogP contribution in [0.15, 0.2) is 67.1 Å². The van der Waals surface area contributed by atoms with Gasteiger partial charge in [0.15, 0.2) is 12.2 Å². The number of nitro groups is 1. The Kier molecular flexibility index (Phi) is 6.73. The summed E-state index contributed by atoms with van der Waals surface area (Å²) in [5.41, 5.74) is 1.85. The second-order valence-electron chi connectivity index (χ2n) is 5.58.